The molecule has 1 heterocycles. The molecule has 19 heavy (non-hydrogen) atoms. The van der Waals surface area contributed by atoms with Crippen molar-refractivity contribution >= 4 is 26.8 Å². The van der Waals surface area contributed by atoms with Crippen molar-refractivity contribution in [2.75, 3.05) is 0 Å². The van der Waals surface area contributed by atoms with Crippen molar-refractivity contribution in [3.63, 3.8) is 0 Å². The number of rotatable bonds is 2. The Bertz CT molecular complexity index is 732. The molecular weight excluding hydrogens is 302 g/mol. The highest BCUT2D eigenvalue weighted by Crippen LogP contribution is 2.28. The van der Waals surface area contributed by atoms with Crippen LogP contribution in [0.5, 0.6) is 0 Å². The van der Waals surface area contributed by atoms with Gasteiger partial charge in [0.05, 0.1) is 0 Å². The van der Waals surface area contributed by atoms with Crippen molar-refractivity contribution in [3.8, 4) is 0 Å². The first-order valence-corrected chi connectivity index (χ1v) is 6.95. The molecule has 0 amide bonds. The van der Waals surface area contributed by atoms with Crippen LogP contribution in [0.1, 0.15) is 22.8 Å². The first-order chi connectivity index (χ1) is 9.15. The topological polar surface area (TPSA) is 36.0 Å². The van der Waals surface area contributed by atoms with Crippen LogP contribution < -0.4 is 0 Å². The maximum absolute atomic E-state index is 10.5. The van der Waals surface area contributed by atoms with Gasteiger partial charge < -0.3 is 10.1 Å². The van der Waals surface area contributed by atoms with Gasteiger partial charge in [-0.15, -0.1) is 0 Å². The highest BCUT2D eigenvalue weighted by Gasteiger charge is 2.12. The molecule has 0 radical (unpaired) electrons. The monoisotopic (exact) mass is 315 g/mol. The lowest BCUT2D eigenvalue weighted by atomic mass is 9.99. The number of H-pyrrole nitrogens is 1. The van der Waals surface area contributed by atoms with Crippen LogP contribution >= 0.6 is 15.9 Å². The molecular formula is C16H14BrNO. The lowest BCUT2D eigenvalue weighted by molar-refractivity contribution is 0.220. The molecule has 3 aromatic rings. The molecule has 96 valence electrons. The quantitative estimate of drug-likeness (QED) is 0.726. The molecule has 0 aliphatic rings. The van der Waals surface area contributed by atoms with Gasteiger partial charge in [-0.2, -0.15) is 0 Å². The van der Waals surface area contributed by atoms with Crippen molar-refractivity contribution in [2.45, 2.75) is 13.0 Å². The molecule has 0 spiro atoms. The van der Waals surface area contributed by atoms with Gasteiger partial charge in [-0.05, 0) is 53.3 Å². The van der Waals surface area contributed by atoms with Crippen LogP contribution in [-0.2, 0) is 0 Å². The summed E-state index contributed by atoms with van der Waals surface area (Å²) in [6.45, 7) is 2.03. The molecule has 1 aromatic heterocycles. The van der Waals surface area contributed by atoms with Gasteiger partial charge in [0.25, 0.3) is 0 Å². The molecule has 0 aliphatic carbocycles. The third kappa shape index (κ3) is 2.31. The molecule has 2 N–H and O–H groups in total. The molecule has 0 bridgehead atoms. The Balaban J connectivity index is 2.01. The second kappa shape index (κ2) is 4.83. The average molecular weight is 316 g/mol. The summed E-state index contributed by atoms with van der Waals surface area (Å²) in [4.78, 5) is 3.15. The summed E-state index contributed by atoms with van der Waals surface area (Å²) in [5.41, 5.74) is 4.05. The molecule has 0 aliphatic heterocycles. The number of aromatic amines is 1. The lowest BCUT2D eigenvalue weighted by Gasteiger charge is -2.13. The summed E-state index contributed by atoms with van der Waals surface area (Å²) in [5.74, 6) is 0. The zero-order chi connectivity index (χ0) is 13.4. The van der Waals surface area contributed by atoms with Crippen molar-refractivity contribution in [3.05, 3.63) is 69.8 Å². The van der Waals surface area contributed by atoms with Crippen molar-refractivity contribution in [1.29, 1.82) is 0 Å². The van der Waals surface area contributed by atoms with E-state index < -0.39 is 6.10 Å². The normalized spacial score (nSPS) is 12.8. The largest absolute Gasteiger partial charge is 0.384 e. The fourth-order valence-corrected chi connectivity index (χ4v) is 2.61. The van der Waals surface area contributed by atoms with Crippen LogP contribution in [0.3, 0.4) is 0 Å². The minimum Gasteiger partial charge on any atom is -0.384 e. The van der Waals surface area contributed by atoms with Gasteiger partial charge in [0, 0.05) is 16.2 Å². The Morgan fingerprint density at radius 1 is 1.05 bits per heavy atom. The zero-order valence-electron chi connectivity index (χ0n) is 10.5. The Hall–Kier alpha value is -1.58. The second-order valence-corrected chi connectivity index (χ2v) is 5.59. The second-order valence-electron chi connectivity index (χ2n) is 4.74. The Kier molecular flexibility index (Phi) is 3.17. The number of halogens is 1. The summed E-state index contributed by atoms with van der Waals surface area (Å²) >= 11 is 3.50. The van der Waals surface area contributed by atoms with Gasteiger partial charge in [0.2, 0.25) is 0 Å². The summed E-state index contributed by atoms with van der Waals surface area (Å²) < 4.78 is 1.02. The molecule has 1 unspecified atom stereocenters. The van der Waals surface area contributed by atoms with E-state index in [0.717, 1.165) is 32.1 Å². The molecule has 3 heteroatoms. The Labute approximate surface area is 120 Å². The van der Waals surface area contributed by atoms with Gasteiger partial charge in [0.15, 0.2) is 0 Å². The summed E-state index contributed by atoms with van der Waals surface area (Å²) in [6, 6.07) is 13.9. The van der Waals surface area contributed by atoms with Gasteiger partial charge in [-0.1, -0.05) is 34.1 Å². The first-order valence-electron chi connectivity index (χ1n) is 6.16. The smallest absolute Gasteiger partial charge is 0.104 e. The molecule has 1 atom stereocenters. The average Bonchev–Trinajstić information content (AvgIpc) is 2.88. The zero-order valence-corrected chi connectivity index (χ0v) is 12.1. The van der Waals surface area contributed by atoms with E-state index in [2.05, 4.69) is 20.9 Å². The fraction of sp³-hybridized carbons (Fsp3) is 0.125. The van der Waals surface area contributed by atoms with E-state index in [-0.39, 0.29) is 0 Å². The summed E-state index contributed by atoms with van der Waals surface area (Å²) in [6.07, 6.45) is 1.31. The number of aromatic nitrogens is 1. The minimum absolute atomic E-state index is 0.601. The molecule has 0 saturated carbocycles. The summed E-state index contributed by atoms with van der Waals surface area (Å²) in [5, 5.41) is 11.6. The number of hydrogen-bond acceptors (Lipinski definition) is 1. The highest BCUT2D eigenvalue weighted by atomic mass is 79.9. The van der Waals surface area contributed by atoms with E-state index in [9.17, 15) is 5.11 Å². The van der Waals surface area contributed by atoms with E-state index in [1.165, 1.54) is 0 Å². The van der Waals surface area contributed by atoms with Crippen LogP contribution in [-0.4, -0.2) is 10.1 Å². The number of aliphatic hydroxyl groups excluding tert-OH is 1. The van der Waals surface area contributed by atoms with Gasteiger partial charge >= 0.3 is 0 Å². The third-order valence-electron chi connectivity index (χ3n) is 3.40. The highest BCUT2D eigenvalue weighted by molar-refractivity contribution is 9.10. The lowest BCUT2D eigenvalue weighted by Crippen LogP contribution is -1.99. The maximum Gasteiger partial charge on any atom is 0.104 e. The number of aryl methyl sites for hydroxylation is 1. The number of fused-ring (bicyclic) bond motifs is 1. The van der Waals surface area contributed by atoms with Crippen LogP contribution in [0.25, 0.3) is 10.9 Å². The van der Waals surface area contributed by atoms with Crippen molar-refractivity contribution < 1.29 is 5.11 Å². The predicted molar refractivity (Wildman–Crippen MR) is 81.2 cm³/mol. The summed E-state index contributed by atoms with van der Waals surface area (Å²) in [7, 11) is 0. The molecule has 0 fully saturated rings. The van der Waals surface area contributed by atoms with E-state index in [4.69, 9.17) is 0 Å². The number of benzene rings is 2. The van der Waals surface area contributed by atoms with Gasteiger partial charge in [-0.3, -0.25) is 0 Å². The number of aliphatic hydroxyl groups is 1. The van der Waals surface area contributed by atoms with Crippen LogP contribution in [0, 0.1) is 6.92 Å². The minimum atomic E-state index is -0.601. The maximum atomic E-state index is 10.5. The standard InChI is InChI=1S/C16H14BrNO/c1-10-2-3-13(9-14(10)17)16(19)12-4-5-15-11(8-12)6-7-18-15/h2-9,16,18-19H,1H3. The molecule has 2 aromatic carbocycles. The molecule has 3 rings (SSSR count). The Morgan fingerprint density at radius 2 is 1.79 bits per heavy atom. The third-order valence-corrected chi connectivity index (χ3v) is 4.26. The van der Waals surface area contributed by atoms with Crippen LogP contribution in [0.15, 0.2) is 53.1 Å². The van der Waals surface area contributed by atoms with Gasteiger partial charge in [-0.25, -0.2) is 0 Å². The Morgan fingerprint density at radius 3 is 2.58 bits per heavy atom. The predicted octanol–water partition coefficient (Wildman–Crippen LogP) is 4.32. The van der Waals surface area contributed by atoms with Crippen molar-refractivity contribution in [2.24, 2.45) is 0 Å². The van der Waals surface area contributed by atoms with Crippen LogP contribution in [0.4, 0.5) is 0 Å². The molecule has 2 nitrogen and oxygen atoms in total. The number of hydrogen-bond donors (Lipinski definition) is 2. The molecule has 0 saturated heterocycles. The van der Waals surface area contributed by atoms with Crippen molar-refractivity contribution in [1.82, 2.24) is 4.98 Å². The SMILES string of the molecule is Cc1ccc(C(O)c2ccc3[nH]ccc3c2)cc1Br. The first kappa shape index (κ1) is 12.5. The number of nitrogens with one attached hydrogen (secondary N) is 1. The van der Waals surface area contributed by atoms with E-state index >= 15 is 0 Å². The van der Waals surface area contributed by atoms with Gasteiger partial charge in [0.1, 0.15) is 6.10 Å². The van der Waals surface area contributed by atoms with E-state index in [1.807, 2.05) is 55.6 Å². The fourth-order valence-electron chi connectivity index (χ4n) is 2.21. The van der Waals surface area contributed by atoms with E-state index in [0.29, 0.717) is 0 Å². The van der Waals surface area contributed by atoms with Crippen LogP contribution in [0.2, 0.25) is 0 Å². The van der Waals surface area contributed by atoms with E-state index in [1.54, 1.807) is 0 Å².